The van der Waals surface area contributed by atoms with E-state index in [0.717, 1.165) is 10.7 Å². The van der Waals surface area contributed by atoms with Crippen LogP contribution in [0.5, 0.6) is 0 Å². The fraction of sp³-hybridized carbons (Fsp3) is 0.400. The van der Waals surface area contributed by atoms with Gasteiger partial charge in [-0.3, -0.25) is 4.68 Å². The first-order chi connectivity index (χ1) is 8.79. The van der Waals surface area contributed by atoms with Gasteiger partial charge in [0, 0.05) is 20.2 Å². The predicted octanol–water partition coefficient (Wildman–Crippen LogP) is 2.44. The third-order valence-electron chi connectivity index (χ3n) is 2.63. The third kappa shape index (κ3) is 2.83. The van der Waals surface area contributed by atoms with Crippen molar-refractivity contribution in [3.8, 4) is 0 Å². The number of nitrogens with one attached hydrogen (secondary N) is 1. The molecule has 2 rings (SSSR count). The lowest BCUT2D eigenvalue weighted by molar-refractivity contribution is -0.143. The van der Waals surface area contributed by atoms with Crippen molar-refractivity contribution in [2.75, 3.05) is 5.32 Å². The molecular formula is C10H11ClF3N5. The summed E-state index contributed by atoms with van der Waals surface area (Å²) < 4.78 is 40.1. The van der Waals surface area contributed by atoms with Crippen LogP contribution < -0.4 is 5.32 Å². The highest BCUT2D eigenvalue weighted by Gasteiger charge is 2.34. The molecule has 0 aliphatic heterocycles. The average Bonchev–Trinajstić information content (AvgIpc) is 2.82. The minimum absolute atomic E-state index is 0.133. The molecule has 2 aromatic rings. The normalized spacial score (nSPS) is 11.9. The maximum atomic E-state index is 12.6. The maximum absolute atomic E-state index is 12.6. The van der Waals surface area contributed by atoms with Gasteiger partial charge >= 0.3 is 6.18 Å². The summed E-state index contributed by atoms with van der Waals surface area (Å²) in [5.41, 5.74) is -0.812. The molecule has 0 aromatic carbocycles. The molecule has 0 fully saturated rings. The molecule has 9 heteroatoms. The van der Waals surface area contributed by atoms with Gasteiger partial charge in [0.25, 0.3) is 0 Å². The highest BCUT2D eigenvalue weighted by atomic mass is 35.5. The largest absolute Gasteiger partial charge is 0.433 e. The number of rotatable bonds is 3. The van der Waals surface area contributed by atoms with Crippen molar-refractivity contribution in [2.45, 2.75) is 12.7 Å². The Hall–Kier alpha value is -1.70. The first-order valence-corrected chi connectivity index (χ1v) is 5.68. The molecule has 2 aromatic heterocycles. The molecule has 0 saturated carbocycles. The quantitative estimate of drug-likeness (QED) is 0.945. The van der Waals surface area contributed by atoms with Crippen molar-refractivity contribution in [1.82, 2.24) is 19.3 Å². The lowest BCUT2D eigenvalue weighted by Gasteiger charge is -2.04. The summed E-state index contributed by atoms with van der Waals surface area (Å²) in [6, 6.07) is 0.949. The zero-order chi connectivity index (χ0) is 14.2. The Labute approximate surface area is 112 Å². The van der Waals surface area contributed by atoms with Crippen LogP contribution in [-0.2, 0) is 26.8 Å². The molecule has 0 amide bonds. The molecule has 5 nitrogen and oxygen atoms in total. The minimum Gasteiger partial charge on any atom is -0.361 e. The predicted molar refractivity (Wildman–Crippen MR) is 63.8 cm³/mol. The van der Waals surface area contributed by atoms with Crippen molar-refractivity contribution in [3.05, 3.63) is 28.9 Å². The molecule has 0 atom stereocenters. The molecule has 0 aliphatic carbocycles. The first-order valence-electron chi connectivity index (χ1n) is 5.30. The molecule has 0 aliphatic rings. The number of nitrogens with zero attached hydrogens (tertiary/aromatic N) is 4. The molecule has 0 saturated heterocycles. The molecule has 19 heavy (non-hydrogen) atoms. The Kier molecular flexibility index (Phi) is 3.44. The number of anilines is 1. The van der Waals surface area contributed by atoms with Crippen LogP contribution in [0.25, 0.3) is 0 Å². The van der Waals surface area contributed by atoms with Gasteiger partial charge in [0.15, 0.2) is 0 Å². The van der Waals surface area contributed by atoms with Crippen LogP contribution in [0.1, 0.15) is 11.5 Å². The zero-order valence-corrected chi connectivity index (χ0v) is 10.9. The van der Waals surface area contributed by atoms with E-state index in [1.54, 1.807) is 11.6 Å². The van der Waals surface area contributed by atoms with Gasteiger partial charge < -0.3 is 9.88 Å². The van der Waals surface area contributed by atoms with Crippen molar-refractivity contribution in [2.24, 2.45) is 14.1 Å². The maximum Gasteiger partial charge on any atom is 0.433 e. The van der Waals surface area contributed by atoms with Crippen LogP contribution in [-0.4, -0.2) is 19.3 Å². The van der Waals surface area contributed by atoms with Crippen LogP contribution in [0.2, 0.25) is 5.15 Å². The van der Waals surface area contributed by atoms with E-state index in [4.69, 9.17) is 11.6 Å². The van der Waals surface area contributed by atoms with E-state index in [2.05, 4.69) is 15.4 Å². The Balaban J connectivity index is 2.11. The number of hydrogen-bond acceptors (Lipinski definition) is 3. The van der Waals surface area contributed by atoms with Crippen molar-refractivity contribution < 1.29 is 13.2 Å². The van der Waals surface area contributed by atoms with Crippen LogP contribution in [0.15, 0.2) is 12.3 Å². The topological polar surface area (TPSA) is 47.7 Å². The van der Waals surface area contributed by atoms with E-state index in [-0.39, 0.29) is 12.4 Å². The Bertz CT molecular complexity index is 586. The van der Waals surface area contributed by atoms with Gasteiger partial charge in [-0.2, -0.15) is 18.3 Å². The molecular weight excluding hydrogens is 283 g/mol. The standard InChI is InChI=1S/C10H11ClF3N5/c1-18-7(11)4-16-9(18)5-15-8-3-6(10(12,13)14)19(2)17-8/h3-4H,5H2,1-2H3,(H,15,17). The number of halogens is 4. The van der Waals surface area contributed by atoms with Crippen LogP contribution in [0.3, 0.4) is 0 Å². The van der Waals surface area contributed by atoms with Crippen LogP contribution >= 0.6 is 11.6 Å². The second-order valence-corrected chi connectivity index (χ2v) is 4.33. The smallest absolute Gasteiger partial charge is 0.361 e. The van der Waals surface area contributed by atoms with Gasteiger partial charge in [-0.1, -0.05) is 11.6 Å². The molecule has 2 heterocycles. The molecule has 0 radical (unpaired) electrons. The zero-order valence-electron chi connectivity index (χ0n) is 10.2. The van der Waals surface area contributed by atoms with Gasteiger partial charge in [0.2, 0.25) is 0 Å². The Morgan fingerprint density at radius 1 is 1.37 bits per heavy atom. The molecule has 104 valence electrons. The van der Waals surface area contributed by atoms with Gasteiger partial charge in [0.05, 0.1) is 12.7 Å². The first kappa shape index (κ1) is 13.7. The van der Waals surface area contributed by atoms with Gasteiger partial charge in [-0.05, 0) is 0 Å². The third-order valence-corrected chi connectivity index (χ3v) is 2.98. The Morgan fingerprint density at radius 2 is 2.05 bits per heavy atom. The van der Waals surface area contributed by atoms with Crippen molar-refractivity contribution in [3.63, 3.8) is 0 Å². The summed E-state index contributed by atoms with van der Waals surface area (Å²) in [5.74, 6) is 0.734. The summed E-state index contributed by atoms with van der Waals surface area (Å²) in [6.07, 6.45) is -2.95. The summed E-state index contributed by atoms with van der Waals surface area (Å²) >= 11 is 5.80. The minimum atomic E-state index is -4.42. The van der Waals surface area contributed by atoms with Crippen molar-refractivity contribution >= 4 is 17.4 Å². The van der Waals surface area contributed by atoms with E-state index < -0.39 is 11.9 Å². The summed E-state index contributed by atoms with van der Waals surface area (Å²) in [4.78, 5) is 4.02. The fourth-order valence-corrected chi connectivity index (χ4v) is 1.72. The number of hydrogen-bond donors (Lipinski definition) is 1. The van der Waals surface area contributed by atoms with Crippen molar-refractivity contribution in [1.29, 1.82) is 0 Å². The second-order valence-electron chi connectivity index (χ2n) is 3.95. The molecule has 1 N–H and O–H groups in total. The Morgan fingerprint density at radius 3 is 2.53 bits per heavy atom. The fourth-order valence-electron chi connectivity index (χ4n) is 1.58. The van der Waals surface area contributed by atoms with Gasteiger partial charge in [-0.15, -0.1) is 0 Å². The second kappa shape index (κ2) is 4.76. The van der Waals surface area contributed by atoms with E-state index in [9.17, 15) is 13.2 Å². The summed E-state index contributed by atoms with van der Waals surface area (Å²) in [7, 11) is 2.96. The van der Waals surface area contributed by atoms with E-state index >= 15 is 0 Å². The lowest BCUT2D eigenvalue weighted by Crippen LogP contribution is -2.11. The van der Waals surface area contributed by atoms with E-state index in [1.165, 1.54) is 13.2 Å². The lowest BCUT2D eigenvalue weighted by atomic mass is 10.4. The molecule has 0 spiro atoms. The highest BCUT2D eigenvalue weighted by Crippen LogP contribution is 2.30. The van der Waals surface area contributed by atoms with Crippen LogP contribution in [0, 0.1) is 0 Å². The SMILES string of the molecule is Cn1nc(NCc2ncc(Cl)n2C)cc1C(F)(F)F. The van der Waals surface area contributed by atoms with Gasteiger partial charge in [-0.25, -0.2) is 4.98 Å². The van der Waals surface area contributed by atoms with E-state index in [0.29, 0.717) is 11.0 Å². The molecule has 0 unspecified atom stereocenters. The average molecular weight is 294 g/mol. The molecule has 0 bridgehead atoms. The highest BCUT2D eigenvalue weighted by molar-refractivity contribution is 6.29. The number of aromatic nitrogens is 4. The summed E-state index contributed by atoms with van der Waals surface area (Å²) in [5, 5.41) is 6.97. The van der Waals surface area contributed by atoms with Gasteiger partial charge in [0.1, 0.15) is 22.5 Å². The van der Waals surface area contributed by atoms with E-state index in [1.807, 2.05) is 0 Å². The summed E-state index contributed by atoms with van der Waals surface area (Å²) in [6.45, 7) is 0.234. The number of aryl methyl sites for hydroxylation is 1. The van der Waals surface area contributed by atoms with Crippen LogP contribution in [0.4, 0.5) is 19.0 Å². The number of imidazole rings is 1. The monoisotopic (exact) mass is 293 g/mol. The number of alkyl halides is 3.